The first-order valence-electron chi connectivity index (χ1n) is 11.3. The van der Waals surface area contributed by atoms with Gasteiger partial charge in [-0.2, -0.15) is 0 Å². The van der Waals surface area contributed by atoms with Crippen LogP contribution in [0.1, 0.15) is 36.8 Å². The zero-order chi connectivity index (χ0) is 23.5. The Kier molecular flexibility index (Phi) is 7.28. The predicted molar refractivity (Wildman–Crippen MR) is 123 cm³/mol. The minimum absolute atomic E-state index is 0.0767. The van der Waals surface area contributed by atoms with E-state index in [0.717, 1.165) is 16.9 Å². The fourth-order valence-corrected chi connectivity index (χ4v) is 6.11. The number of aliphatic hydroxyl groups excluding tert-OH is 1. The number of hydrogen-bond acceptors (Lipinski definition) is 7. The second-order valence-corrected chi connectivity index (χ2v) is 10.9. The summed E-state index contributed by atoms with van der Waals surface area (Å²) in [5, 5.41) is 10.6. The molecule has 2 aromatic carbocycles. The molecule has 0 amide bonds. The first-order chi connectivity index (χ1) is 15.8. The third-order valence-corrected chi connectivity index (χ3v) is 8.25. The average molecular weight is 477 g/mol. The molecule has 0 bridgehead atoms. The Labute approximate surface area is 195 Å². The summed E-state index contributed by atoms with van der Waals surface area (Å²) in [6.45, 7) is 3.53. The second-order valence-electron chi connectivity index (χ2n) is 8.91. The van der Waals surface area contributed by atoms with Gasteiger partial charge in [0.2, 0.25) is 0 Å². The highest BCUT2D eigenvalue weighted by Crippen LogP contribution is 2.39. The van der Waals surface area contributed by atoms with E-state index in [2.05, 4.69) is 0 Å². The van der Waals surface area contributed by atoms with Crippen LogP contribution in [0, 0.1) is 12.8 Å². The third kappa shape index (κ3) is 5.87. The van der Waals surface area contributed by atoms with Crippen molar-refractivity contribution < 1.29 is 32.5 Å². The Balaban J connectivity index is 1.32. The summed E-state index contributed by atoms with van der Waals surface area (Å²) in [7, 11) is -2.00. The predicted octanol–water partition coefficient (Wildman–Crippen LogP) is 3.65. The summed E-state index contributed by atoms with van der Waals surface area (Å²) in [4.78, 5) is 0.181. The molecule has 1 unspecified atom stereocenters. The van der Waals surface area contributed by atoms with E-state index in [1.807, 2.05) is 25.1 Å². The van der Waals surface area contributed by atoms with Crippen LogP contribution in [0.4, 0.5) is 0 Å². The second kappa shape index (κ2) is 10.0. The Morgan fingerprint density at radius 2 is 1.73 bits per heavy atom. The Morgan fingerprint density at radius 3 is 2.36 bits per heavy atom. The zero-order valence-electron chi connectivity index (χ0n) is 19.2. The lowest BCUT2D eigenvalue weighted by molar-refractivity contribution is -0.186. The molecule has 180 valence electrons. The van der Waals surface area contributed by atoms with E-state index in [-0.39, 0.29) is 16.6 Å². The fraction of sp³-hybridized carbons (Fsp3) is 0.520. The number of methoxy groups -OCH3 is 1. The number of aliphatic hydroxyl groups is 1. The van der Waals surface area contributed by atoms with E-state index < -0.39 is 21.7 Å². The lowest BCUT2D eigenvalue weighted by atomic mass is 9.82. The number of hydrogen-bond donors (Lipinski definition) is 1. The van der Waals surface area contributed by atoms with Gasteiger partial charge in [0, 0.05) is 12.8 Å². The number of rotatable bonds is 8. The van der Waals surface area contributed by atoms with Gasteiger partial charge in [0.05, 0.1) is 37.1 Å². The van der Waals surface area contributed by atoms with Crippen LogP contribution in [0.3, 0.4) is 0 Å². The summed E-state index contributed by atoms with van der Waals surface area (Å²) in [6.07, 6.45) is 1.84. The van der Waals surface area contributed by atoms with Gasteiger partial charge in [0.25, 0.3) is 0 Å². The Bertz CT molecular complexity index is 1030. The highest BCUT2D eigenvalue weighted by atomic mass is 32.2. The largest absolute Gasteiger partial charge is 0.497 e. The molecule has 2 fully saturated rings. The van der Waals surface area contributed by atoms with Crippen LogP contribution in [0.25, 0.3) is 0 Å². The van der Waals surface area contributed by atoms with Crippen LogP contribution in [0.15, 0.2) is 47.4 Å². The molecule has 33 heavy (non-hydrogen) atoms. The zero-order valence-corrected chi connectivity index (χ0v) is 20.0. The van der Waals surface area contributed by atoms with Crippen molar-refractivity contribution in [3.05, 3.63) is 53.6 Å². The van der Waals surface area contributed by atoms with Gasteiger partial charge in [-0.15, -0.1) is 0 Å². The van der Waals surface area contributed by atoms with Crippen molar-refractivity contribution in [3.8, 4) is 11.5 Å². The lowest BCUT2D eigenvalue weighted by Gasteiger charge is -2.37. The van der Waals surface area contributed by atoms with Gasteiger partial charge >= 0.3 is 0 Å². The van der Waals surface area contributed by atoms with E-state index in [9.17, 15) is 13.5 Å². The molecule has 1 spiro atoms. The van der Waals surface area contributed by atoms with Crippen LogP contribution in [-0.4, -0.2) is 51.5 Å². The maximum absolute atomic E-state index is 12.9. The summed E-state index contributed by atoms with van der Waals surface area (Å²) < 4.78 is 48.3. The monoisotopic (exact) mass is 476 g/mol. The van der Waals surface area contributed by atoms with Crippen molar-refractivity contribution in [2.24, 2.45) is 5.92 Å². The van der Waals surface area contributed by atoms with Crippen LogP contribution in [0.2, 0.25) is 0 Å². The van der Waals surface area contributed by atoms with Crippen LogP contribution < -0.4 is 9.47 Å². The summed E-state index contributed by atoms with van der Waals surface area (Å²) in [6, 6.07) is 12.2. The highest BCUT2D eigenvalue weighted by Gasteiger charge is 2.42. The van der Waals surface area contributed by atoms with Crippen LogP contribution >= 0.6 is 0 Å². The van der Waals surface area contributed by atoms with E-state index in [4.69, 9.17) is 18.9 Å². The lowest BCUT2D eigenvalue weighted by Crippen LogP contribution is -2.39. The van der Waals surface area contributed by atoms with Crippen LogP contribution in [-0.2, 0) is 25.9 Å². The SMILES string of the molecule is COc1cc(C)cc(COc2ccc(S(=O)(=O)CC(O)C3CCC4(CC3)OCCO4)cc2)c1. The van der Waals surface area contributed by atoms with Crippen molar-refractivity contribution in [1.82, 2.24) is 0 Å². The molecule has 2 aromatic rings. The minimum atomic E-state index is -3.62. The first-order valence-corrected chi connectivity index (χ1v) is 13.0. The molecule has 7 nitrogen and oxygen atoms in total. The molecule has 1 heterocycles. The molecule has 1 aliphatic carbocycles. The highest BCUT2D eigenvalue weighted by molar-refractivity contribution is 7.91. The van der Waals surface area contributed by atoms with Crippen molar-refractivity contribution in [1.29, 1.82) is 0 Å². The van der Waals surface area contributed by atoms with Crippen molar-refractivity contribution in [3.63, 3.8) is 0 Å². The number of benzene rings is 2. The molecule has 4 rings (SSSR count). The normalized spacial score (nSPS) is 19.5. The first kappa shape index (κ1) is 24.0. The number of sulfone groups is 1. The average Bonchev–Trinajstić information content (AvgIpc) is 3.25. The molecular weight excluding hydrogens is 444 g/mol. The smallest absolute Gasteiger partial charge is 0.180 e. The van der Waals surface area contributed by atoms with Gasteiger partial charge in [-0.25, -0.2) is 8.42 Å². The van der Waals surface area contributed by atoms with Gasteiger partial charge < -0.3 is 24.1 Å². The van der Waals surface area contributed by atoms with Crippen molar-refractivity contribution in [2.75, 3.05) is 26.1 Å². The molecule has 1 aliphatic heterocycles. The van der Waals surface area contributed by atoms with Gasteiger partial charge in [0.15, 0.2) is 15.6 Å². The standard InChI is InChI=1S/C25H32O7S/c1-18-13-19(15-22(14-18)29-2)16-30-21-3-5-23(6-4-21)33(27,28)17-24(26)20-7-9-25(10-8-20)31-11-12-32-25/h3-6,13-15,20,24,26H,7-12,16-17H2,1-2H3. The molecular formula is C25H32O7S. The van der Waals surface area contributed by atoms with Crippen LogP contribution in [0.5, 0.6) is 11.5 Å². The van der Waals surface area contributed by atoms with Gasteiger partial charge in [-0.3, -0.25) is 0 Å². The topological polar surface area (TPSA) is 91.3 Å². The number of aryl methyl sites for hydroxylation is 1. The van der Waals surface area contributed by atoms with E-state index in [1.54, 1.807) is 19.2 Å². The third-order valence-electron chi connectivity index (χ3n) is 6.47. The fourth-order valence-electron chi connectivity index (χ4n) is 4.64. The minimum Gasteiger partial charge on any atom is -0.497 e. The molecule has 0 radical (unpaired) electrons. The van der Waals surface area contributed by atoms with Crippen molar-refractivity contribution in [2.45, 2.75) is 56.0 Å². The molecule has 1 saturated carbocycles. The van der Waals surface area contributed by atoms with E-state index >= 15 is 0 Å². The molecule has 2 aliphatic rings. The molecule has 1 N–H and O–H groups in total. The molecule has 1 atom stereocenters. The van der Waals surface area contributed by atoms with Gasteiger partial charge in [-0.05, 0) is 73.2 Å². The maximum atomic E-state index is 12.9. The number of ether oxygens (including phenoxy) is 4. The molecule has 0 aromatic heterocycles. The molecule has 1 saturated heterocycles. The summed E-state index contributed by atoms with van der Waals surface area (Å²) in [5.41, 5.74) is 2.04. The Morgan fingerprint density at radius 1 is 1.06 bits per heavy atom. The Hall–Kier alpha value is -2.13. The van der Waals surface area contributed by atoms with E-state index in [0.29, 0.717) is 51.3 Å². The maximum Gasteiger partial charge on any atom is 0.180 e. The summed E-state index contributed by atoms with van der Waals surface area (Å²) in [5.74, 6) is 0.450. The quantitative estimate of drug-likeness (QED) is 0.622. The van der Waals surface area contributed by atoms with Gasteiger partial charge in [-0.1, -0.05) is 6.07 Å². The van der Waals surface area contributed by atoms with Crippen molar-refractivity contribution >= 4 is 9.84 Å². The summed E-state index contributed by atoms with van der Waals surface area (Å²) >= 11 is 0. The van der Waals surface area contributed by atoms with E-state index in [1.165, 1.54) is 12.1 Å². The molecule has 8 heteroatoms. The van der Waals surface area contributed by atoms with Gasteiger partial charge in [0.1, 0.15) is 18.1 Å².